The Bertz CT molecular complexity index is 1610. The number of ether oxygens (including phenoxy) is 1. The number of hydrogen-bond acceptors (Lipinski definition) is 9. The van der Waals surface area contributed by atoms with Gasteiger partial charge in [-0.2, -0.15) is 4.31 Å². The summed E-state index contributed by atoms with van der Waals surface area (Å²) in [5.41, 5.74) is -0.136. The molecule has 40 heavy (non-hydrogen) atoms. The number of aromatic nitrogens is 2. The van der Waals surface area contributed by atoms with Crippen molar-refractivity contribution in [1.29, 1.82) is 0 Å². The molecule has 0 spiro atoms. The summed E-state index contributed by atoms with van der Waals surface area (Å²) in [5, 5.41) is 11.6. The minimum atomic E-state index is -4.04. The normalized spacial score (nSPS) is 17.6. The van der Waals surface area contributed by atoms with Crippen molar-refractivity contribution < 1.29 is 22.9 Å². The molecule has 1 aliphatic heterocycles. The molecule has 2 atom stereocenters. The second-order valence-electron chi connectivity index (χ2n) is 9.63. The molecule has 2 aromatic carbocycles. The summed E-state index contributed by atoms with van der Waals surface area (Å²) in [6, 6.07) is 9.67. The first-order valence-electron chi connectivity index (χ1n) is 12.7. The second-order valence-corrected chi connectivity index (χ2v) is 11.9. The molecule has 3 aromatic rings. The Balaban J connectivity index is 1.60. The van der Waals surface area contributed by atoms with Crippen LogP contribution in [-0.4, -0.2) is 70.9 Å². The summed E-state index contributed by atoms with van der Waals surface area (Å²) in [4.78, 5) is 42.3. The average Bonchev–Trinajstić information content (AvgIpc) is 2.93. The van der Waals surface area contributed by atoms with Gasteiger partial charge >= 0.3 is 5.97 Å². The van der Waals surface area contributed by atoms with E-state index in [2.05, 4.69) is 0 Å². The number of piperazine rings is 1. The highest BCUT2D eigenvalue weighted by atomic mass is 35.5. The molecule has 2 unspecified atom stereocenters. The highest BCUT2D eigenvalue weighted by Crippen LogP contribution is 2.31. The van der Waals surface area contributed by atoms with Crippen molar-refractivity contribution in [2.24, 2.45) is 0 Å². The Morgan fingerprint density at radius 3 is 2.65 bits per heavy atom. The van der Waals surface area contributed by atoms with Crippen molar-refractivity contribution >= 4 is 44.2 Å². The zero-order valence-electron chi connectivity index (χ0n) is 22.3. The van der Waals surface area contributed by atoms with E-state index in [1.807, 2.05) is 11.8 Å². The number of fused-ring (bicyclic) bond motifs is 1. The van der Waals surface area contributed by atoms with Crippen LogP contribution in [0.3, 0.4) is 0 Å². The van der Waals surface area contributed by atoms with E-state index >= 15 is 0 Å². The van der Waals surface area contributed by atoms with Crippen molar-refractivity contribution in [2.45, 2.75) is 50.2 Å². The van der Waals surface area contributed by atoms with Crippen molar-refractivity contribution in [3.63, 3.8) is 0 Å². The number of nitro benzene ring substituents is 1. The Kier molecular flexibility index (Phi) is 8.88. The molecular weight excluding hydrogens is 562 g/mol. The molecule has 4 rings (SSSR count). The number of methoxy groups -OCH3 is 1. The number of nitro groups is 1. The Labute approximate surface area is 236 Å². The van der Waals surface area contributed by atoms with Gasteiger partial charge in [-0.05, 0) is 44.5 Å². The molecule has 0 N–H and O–H groups in total. The van der Waals surface area contributed by atoms with Crippen LogP contribution >= 0.6 is 11.6 Å². The van der Waals surface area contributed by atoms with E-state index in [-0.39, 0.29) is 47.0 Å². The van der Waals surface area contributed by atoms with Crippen LogP contribution in [0.15, 0.2) is 52.2 Å². The molecule has 12 nitrogen and oxygen atoms in total. The summed E-state index contributed by atoms with van der Waals surface area (Å²) in [6.45, 7) is 4.74. The topological polar surface area (TPSA) is 145 Å². The van der Waals surface area contributed by atoms with E-state index in [9.17, 15) is 28.1 Å². The molecule has 0 radical (unpaired) electrons. The lowest BCUT2D eigenvalue weighted by atomic mass is 10.1. The molecule has 0 amide bonds. The maximum Gasteiger partial charge on any atom is 0.305 e. The first-order valence-corrected chi connectivity index (χ1v) is 14.5. The first kappa shape index (κ1) is 29.6. The molecule has 1 saturated heterocycles. The SMILES string of the molecule is COC(=O)CCCn1c(C(C)N2CCN(S(=O)(=O)c3ccc(Cl)c([N+](=O)[O-])c3)C(C)C2)nc2ccccc2c1=O. The number of para-hydroxylation sites is 1. The van der Waals surface area contributed by atoms with Crippen LogP contribution in [0, 0.1) is 10.1 Å². The number of sulfonamides is 1. The standard InChI is InChI=1S/C26H30ClN5O7S/c1-17-16-29(13-14-31(17)40(37,38)19-10-11-21(27)23(15-19)32(35)36)18(2)25-28-22-8-5-4-7-20(22)26(34)30(25)12-6-9-24(33)39-3/h4-5,7-8,10-11,15,17-18H,6,9,12-14,16H2,1-3H3. The third-order valence-corrected chi connectivity index (χ3v) is 9.45. The van der Waals surface area contributed by atoms with E-state index in [1.165, 1.54) is 23.5 Å². The van der Waals surface area contributed by atoms with Crippen LogP contribution in [-0.2, 0) is 26.1 Å². The second kappa shape index (κ2) is 12.0. The minimum absolute atomic E-state index is 0.129. The molecule has 0 aliphatic carbocycles. The number of carbonyl (C=O) groups is 1. The summed E-state index contributed by atoms with van der Waals surface area (Å²) in [6.07, 6.45) is 0.544. The zero-order chi connectivity index (χ0) is 29.2. The molecule has 1 aromatic heterocycles. The number of rotatable bonds is 9. The Morgan fingerprint density at radius 1 is 1.25 bits per heavy atom. The molecule has 0 bridgehead atoms. The highest BCUT2D eigenvalue weighted by molar-refractivity contribution is 7.89. The van der Waals surface area contributed by atoms with Crippen LogP contribution in [0.2, 0.25) is 5.02 Å². The average molecular weight is 592 g/mol. The van der Waals surface area contributed by atoms with Gasteiger partial charge in [0, 0.05) is 44.7 Å². The monoisotopic (exact) mass is 591 g/mol. The van der Waals surface area contributed by atoms with E-state index in [1.54, 1.807) is 35.8 Å². The molecule has 2 heterocycles. The zero-order valence-corrected chi connectivity index (χ0v) is 23.9. The Morgan fingerprint density at radius 2 is 1.98 bits per heavy atom. The van der Waals surface area contributed by atoms with Gasteiger partial charge in [-0.15, -0.1) is 0 Å². The number of carbonyl (C=O) groups excluding carboxylic acids is 1. The van der Waals surface area contributed by atoms with E-state index in [0.717, 1.165) is 6.07 Å². The van der Waals surface area contributed by atoms with Gasteiger partial charge in [0.15, 0.2) is 0 Å². The van der Waals surface area contributed by atoms with Gasteiger partial charge in [-0.3, -0.25) is 29.2 Å². The van der Waals surface area contributed by atoms with Crippen LogP contribution in [0.5, 0.6) is 0 Å². The molecule has 1 aliphatic rings. The molecular formula is C26H30ClN5O7S. The van der Waals surface area contributed by atoms with Crippen LogP contribution < -0.4 is 5.56 Å². The van der Waals surface area contributed by atoms with Gasteiger partial charge in [-0.1, -0.05) is 23.7 Å². The third kappa shape index (κ3) is 5.87. The van der Waals surface area contributed by atoms with Crippen molar-refractivity contribution in [3.05, 3.63) is 73.8 Å². The summed E-state index contributed by atoms with van der Waals surface area (Å²) >= 11 is 5.87. The first-order chi connectivity index (χ1) is 18.9. The lowest BCUT2D eigenvalue weighted by Gasteiger charge is -2.41. The van der Waals surface area contributed by atoms with Crippen LogP contribution in [0.4, 0.5) is 5.69 Å². The fourth-order valence-electron chi connectivity index (χ4n) is 4.97. The van der Waals surface area contributed by atoms with Crippen molar-refractivity contribution in [1.82, 2.24) is 18.8 Å². The van der Waals surface area contributed by atoms with E-state index < -0.39 is 26.7 Å². The number of esters is 1. The maximum absolute atomic E-state index is 13.4. The largest absolute Gasteiger partial charge is 0.469 e. The van der Waals surface area contributed by atoms with Gasteiger partial charge in [-0.25, -0.2) is 13.4 Å². The minimum Gasteiger partial charge on any atom is -0.469 e. The smallest absolute Gasteiger partial charge is 0.305 e. The number of benzene rings is 2. The predicted octanol–water partition coefficient (Wildman–Crippen LogP) is 3.37. The quantitative estimate of drug-likeness (QED) is 0.208. The van der Waals surface area contributed by atoms with E-state index in [4.69, 9.17) is 21.3 Å². The molecule has 1 fully saturated rings. The number of hydrogen-bond donors (Lipinski definition) is 0. The van der Waals surface area contributed by atoms with Crippen LogP contribution in [0.1, 0.15) is 38.6 Å². The maximum atomic E-state index is 13.4. The van der Waals surface area contributed by atoms with E-state index in [0.29, 0.717) is 36.2 Å². The fraction of sp³-hybridized carbons (Fsp3) is 0.423. The van der Waals surface area contributed by atoms with Gasteiger partial charge in [0.2, 0.25) is 10.0 Å². The summed E-state index contributed by atoms with van der Waals surface area (Å²) in [5.74, 6) is 0.152. The van der Waals surface area contributed by atoms with Gasteiger partial charge in [0.1, 0.15) is 10.8 Å². The van der Waals surface area contributed by atoms with Crippen molar-refractivity contribution in [3.8, 4) is 0 Å². The molecule has 0 saturated carbocycles. The van der Waals surface area contributed by atoms with Crippen LogP contribution in [0.25, 0.3) is 10.9 Å². The number of halogens is 1. The molecule has 14 heteroatoms. The van der Waals surface area contributed by atoms with Gasteiger partial charge in [0.05, 0.1) is 33.9 Å². The van der Waals surface area contributed by atoms with Gasteiger partial charge in [0.25, 0.3) is 11.2 Å². The molecule has 214 valence electrons. The summed E-state index contributed by atoms with van der Waals surface area (Å²) in [7, 11) is -2.72. The third-order valence-electron chi connectivity index (χ3n) is 7.12. The predicted molar refractivity (Wildman–Crippen MR) is 149 cm³/mol. The lowest BCUT2D eigenvalue weighted by molar-refractivity contribution is -0.384. The Hall–Kier alpha value is -3.39. The van der Waals surface area contributed by atoms with Crippen molar-refractivity contribution in [2.75, 3.05) is 26.7 Å². The number of nitrogens with zero attached hydrogens (tertiary/aromatic N) is 5. The summed E-state index contributed by atoms with van der Waals surface area (Å²) < 4.78 is 34.5. The van der Waals surface area contributed by atoms with Gasteiger partial charge < -0.3 is 4.74 Å². The fourth-order valence-corrected chi connectivity index (χ4v) is 6.79. The highest BCUT2D eigenvalue weighted by Gasteiger charge is 2.37. The lowest BCUT2D eigenvalue weighted by Crippen LogP contribution is -2.54.